The monoisotopic (exact) mass is 325 g/mol. The lowest BCUT2D eigenvalue weighted by atomic mass is 10.1. The van der Waals surface area contributed by atoms with Gasteiger partial charge in [-0.2, -0.15) is 0 Å². The Hall–Kier alpha value is -0.610. The van der Waals surface area contributed by atoms with Gasteiger partial charge >= 0.3 is 0 Å². The number of halogens is 1. The Balaban J connectivity index is 2.07. The van der Waals surface area contributed by atoms with Crippen LogP contribution >= 0.6 is 15.9 Å². The first-order chi connectivity index (χ1) is 8.87. The summed E-state index contributed by atoms with van der Waals surface area (Å²) >= 11 is 3.52. The number of aromatic nitrogens is 1. The van der Waals surface area contributed by atoms with Gasteiger partial charge < -0.3 is 10.2 Å². The summed E-state index contributed by atoms with van der Waals surface area (Å²) in [5.74, 6) is 1.11. The first-order valence-electron chi connectivity index (χ1n) is 7.00. The van der Waals surface area contributed by atoms with E-state index in [0.29, 0.717) is 6.04 Å². The van der Waals surface area contributed by atoms with E-state index in [1.807, 2.05) is 6.20 Å². The molecule has 1 aliphatic heterocycles. The molecule has 0 aromatic carbocycles. The van der Waals surface area contributed by atoms with Crippen LogP contribution in [0.15, 0.2) is 16.7 Å². The normalized spacial score (nSPS) is 20.1. The number of pyridine rings is 1. The van der Waals surface area contributed by atoms with Crippen molar-refractivity contribution in [3.05, 3.63) is 22.3 Å². The lowest BCUT2D eigenvalue weighted by Gasteiger charge is -2.30. The lowest BCUT2D eigenvalue weighted by Crippen LogP contribution is -2.45. The molecule has 19 heavy (non-hydrogen) atoms. The van der Waals surface area contributed by atoms with Crippen LogP contribution in [0, 0.1) is 6.92 Å². The van der Waals surface area contributed by atoms with Gasteiger partial charge in [0.05, 0.1) is 0 Å². The summed E-state index contributed by atoms with van der Waals surface area (Å²) < 4.78 is 1.08. The third kappa shape index (κ3) is 3.93. The lowest BCUT2D eigenvalue weighted by molar-refractivity contribution is 0.404. The minimum atomic E-state index is 0.178. The van der Waals surface area contributed by atoms with Crippen molar-refractivity contribution in [2.75, 3.05) is 18.0 Å². The molecule has 0 aliphatic carbocycles. The summed E-state index contributed by atoms with van der Waals surface area (Å²) in [5.41, 5.74) is 1.43. The van der Waals surface area contributed by atoms with E-state index in [2.05, 4.69) is 64.9 Å². The standard InChI is InChI=1S/C15H24BrN3/c1-11-8-14(17-10-13(11)16)19-7-5-6-12(19)9-18-15(2,3)4/h8,10,12,18H,5-7,9H2,1-4H3. The van der Waals surface area contributed by atoms with E-state index in [4.69, 9.17) is 0 Å². The highest BCUT2D eigenvalue weighted by atomic mass is 79.9. The van der Waals surface area contributed by atoms with Gasteiger partial charge in [0.15, 0.2) is 0 Å². The molecular weight excluding hydrogens is 302 g/mol. The number of rotatable bonds is 3. The topological polar surface area (TPSA) is 28.2 Å². The van der Waals surface area contributed by atoms with Crippen molar-refractivity contribution in [1.29, 1.82) is 0 Å². The Labute approximate surface area is 124 Å². The van der Waals surface area contributed by atoms with E-state index in [1.165, 1.54) is 18.4 Å². The fraction of sp³-hybridized carbons (Fsp3) is 0.667. The highest BCUT2D eigenvalue weighted by molar-refractivity contribution is 9.10. The van der Waals surface area contributed by atoms with Gasteiger partial charge in [0.25, 0.3) is 0 Å². The number of nitrogens with one attached hydrogen (secondary N) is 1. The minimum Gasteiger partial charge on any atom is -0.352 e. The SMILES string of the molecule is Cc1cc(N2CCCC2CNC(C)(C)C)ncc1Br. The second-order valence-electron chi connectivity index (χ2n) is 6.41. The Kier molecular flexibility index (Phi) is 4.51. The van der Waals surface area contributed by atoms with Crippen LogP contribution in [0.25, 0.3) is 0 Å². The molecule has 0 amide bonds. The van der Waals surface area contributed by atoms with Crippen LogP contribution in [-0.4, -0.2) is 29.7 Å². The first-order valence-corrected chi connectivity index (χ1v) is 7.80. The zero-order valence-corrected chi connectivity index (χ0v) is 13.9. The number of anilines is 1. The van der Waals surface area contributed by atoms with Crippen molar-refractivity contribution in [1.82, 2.24) is 10.3 Å². The van der Waals surface area contributed by atoms with E-state index < -0.39 is 0 Å². The van der Waals surface area contributed by atoms with Crippen LogP contribution in [0.3, 0.4) is 0 Å². The van der Waals surface area contributed by atoms with Crippen molar-refractivity contribution in [3.63, 3.8) is 0 Å². The molecule has 0 radical (unpaired) electrons. The van der Waals surface area contributed by atoms with Crippen molar-refractivity contribution >= 4 is 21.7 Å². The Bertz CT molecular complexity index is 440. The molecule has 2 heterocycles. The van der Waals surface area contributed by atoms with Gasteiger partial charge in [0, 0.05) is 35.3 Å². The maximum Gasteiger partial charge on any atom is 0.129 e. The van der Waals surface area contributed by atoms with Crippen LogP contribution in [-0.2, 0) is 0 Å². The predicted octanol–water partition coefficient (Wildman–Crippen LogP) is 3.51. The maximum absolute atomic E-state index is 4.57. The van der Waals surface area contributed by atoms with Crippen molar-refractivity contribution in [2.45, 2.75) is 52.1 Å². The first kappa shape index (κ1) is 14.8. The van der Waals surface area contributed by atoms with Crippen molar-refractivity contribution in [2.24, 2.45) is 0 Å². The zero-order chi connectivity index (χ0) is 14.0. The van der Waals surface area contributed by atoms with E-state index in [-0.39, 0.29) is 5.54 Å². The zero-order valence-electron chi connectivity index (χ0n) is 12.3. The molecule has 4 heteroatoms. The molecule has 0 bridgehead atoms. The van der Waals surface area contributed by atoms with Crippen LogP contribution in [0.2, 0.25) is 0 Å². The summed E-state index contributed by atoms with van der Waals surface area (Å²) in [5, 5.41) is 3.61. The summed E-state index contributed by atoms with van der Waals surface area (Å²) in [6, 6.07) is 2.74. The average Bonchev–Trinajstić information content (AvgIpc) is 2.77. The predicted molar refractivity (Wildman–Crippen MR) is 84.8 cm³/mol. The van der Waals surface area contributed by atoms with Crippen molar-refractivity contribution < 1.29 is 0 Å². The molecule has 1 unspecified atom stereocenters. The Morgan fingerprint density at radius 2 is 2.21 bits per heavy atom. The highest BCUT2D eigenvalue weighted by Crippen LogP contribution is 2.26. The minimum absolute atomic E-state index is 0.178. The van der Waals surface area contributed by atoms with Gasteiger partial charge in [-0.05, 0) is 68.1 Å². The summed E-state index contributed by atoms with van der Waals surface area (Å²) in [7, 11) is 0. The number of hydrogen-bond acceptors (Lipinski definition) is 3. The van der Waals surface area contributed by atoms with Gasteiger partial charge in [-0.15, -0.1) is 0 Å². The molecule has 0 spiro atoms. The van der Waals surface area contributed by atoms with Crippen LogP contribution < -0.4 is 10.2 Å². The Morgan fingerprint density at radius 1 is 1.47 bits per heavy atom. The van der Waals surface area contributed by atoms with Gasteiger partial charge in [-0.3, -0.25) is 0 Å². The van der Waals surface area contributed by atoms with Crippen LogP contribution in [0.4, 0.5) is 5.82 Å². The molecule has 106 valence electrons. The summed E-state index contributed by atoms with van der Waals surface area (Å²) in [6.07, 6.45) is 4.42. The molecule has 3 nitrogen and oxygen atoms in total. The summed E-state index contributed by atoms with van der Waals surface area (Å²) in [4.78, 5) is 7.01. The number of hydrogen-bond donors (Lipinski definition) is 1. The number of aryl methyl sites for hydroxylation is 1. The molecule has 1 atom stereocenters. The largest absolute Gasteiger partial charge is 0.352 e. The molecule has 1 aliphatic rings. The van der Waals surface area contributed by atoms with E-state index in [9.17, 15) is 0 Å². The third-order valence-electron chi connectivity index (χ3n) is 3.57. The van der Waals surface area contributed by atoms with E-state index in [0.717, 1.165) is 23.4 Å². The van der Waals surface area contributed by atoms with Gasteiger partial charge in [0.2, 0.25) is 0 Å². The number of nitrogens with zero attached hydrogens (tertiary/aromatic N) is 2. The second kappa shape index (κ2) is 5.80. The quantitative estimate of drug-likeness (QED) is 0.921. The second-order valence-corrected chi connectivity index (χ2v) is 7.27. The van der Waals surface area contributed by atoms with E-state index >= 15 is 0 Å². The van der Waals surface area contributed by atoms with Gasteiger partial charge in [-0.25, -0.2) is 4.98 Å². The molecule has 1 aromatic heterocycles. The maximum atomic E-state index is 4.57. The van der Waals surface area contributed by atoms with Crippen molar-refractivity contribution in [3.8, 4) is 0 Å². The third-order valence-corrected chi connectivity index (χ3v) is 4.40. The van der Waals surface area contributed by atoms with Crippen LogP contribution in [0.5, 0.6) is 0 Å². The van der Waals surface area contributed by atoms with E-state index in [1.54, 1.807) is 0 Å². The average molecular weight is 326 g/mol. The summed E-state index contributed by atoms with van der Waals surface area (Å²) in [6.45, 7) is 10.9. The molecule has 2 rings (SSSR count). The fourth-order valence-electron chi connectivity index (χ4n) is 2.46. The fourth-order valence-corrected chi connectivity index (χ4v) is 2.67. The highest BCUT2D eigenvalue weighted by Gasteiger charge is 2.26. The molecule has 1 aromatic rings. The molecule has 0 saturated carbocycles. The molecule has 1 saturated heterocycles. The molecular formula is C15H24BrN3. The van der Waals surface area contributed by atoms with Crippen LogP contribution in [0.1, 0.15) is 39.2 Å². The van der Waals surface area contributed by atoms with Gasteiger partial charge in [-0.1, -0.05) is 0 Å². The van der Waals surface area contributed by atoms with Gasteiger partial charge in [0.1, 0.15) is 5.82 Å². The smallest absolute Gasteiger partial charge is 0.129 e. The molecule has 1 fully saturated rings. The molecule has 1 N–H and O–H groups in total. The Morgan fingerprint density at radius 3 is 2.84 bits per heavy atom.